The molecule has 94 valence electrons. The van der Waals surface area contributed by atoms with Crippen LogP contribution >= 0.6 is 35.0 Å². The Bertz CT molecular complexity index is 523. The summed E-state index contributed by atoms with van der Waals surface area (Å²) in [5, 5.41) is 11.0. The van der Waals surface area contributed by atoms with Gasteiger partial charge >= 0.3 is 0 Å². The van der Waals surface area contributed by atoms with Crippen molar-refractivity contribution in [2.24, 2.45) is 0 Å². The fourth-order valence-corrected chi connectivity index (χ4v) is 2.94. The zero-order valence-electron chi connectivity index (χ0n) is 9.36. The van der Waals surface area contributed by atoms with Crippen LogP contribution in [0.2, 0.25) is 10.0 Å². The zero-order valence-corrected chi connectivity index (χ0v) is 11.7. The van der Waals surface area contributed by atoms with E-state index in [9.17, 15) is 5.11 Å². The summed E-state index contributed by atoms with van der Waals surface area (Å²) >= 11 is 13.5. The lowest BCUT2D eigenvalue weighted by molar-refractivity contribution is 0.471. The number of aromatic hydroxyl groups is 1. The first-order valence-corrected chi connectivity index (χ1v) is 6.95. The summed E-state index contributed by atoms with van der Waals surface area (Å²) in [7, 11) is 0. The minimum Gasteiger partial charge on any atom is -0.508 e. The van der Waals surface area contributed by atoms with Gasteiger partial charge in [0, 0.05) is 26.9 Å². The maximum atomic E-state index is 9.71. The largest absolute Gasteiger partial charge is 0.508 e. The molecule has 0 spiro atoms. The number of halogens is 2. The topological polar surface area (TPSA) is 46.2 Å². The molecular weight excluding hydrogens is 289 g/mol. The molecule has 0 atom stereocenters. The second kappa shape index (κ2) is 5.74. The smallest absolute Gasteiger partial charge is 0.119 e. The van der Waals surface area contributed by atoms with Crippen molar-refractivity contribution < 1.29 is 5.11 Å². The van der Waals surface area contributed by atoms with E-state index >= 15 is 0 Å². The summed E-state index contributed by atoms with van der Waals surface area (Å²) in [6, 6.07) is 10.3. The van der Waals surface area contributed by atoms with Crippen LogP contribution in [-0.2, 0) is 5.75 Å². The number of hydrogen-bond donors (Lipinski definition) is 2. The molecule has 0 aromatic heterocycles. The summed E-state index contributed by atoms with van der Waals surface area (Å²) in [6.45, 7) is 0. The van der Waals surface area contributed by atoms with Gasteiger partial charge in [0.2, 0.25) is 0 Å². The summed E-state index contributed by atoms with van der Waals surface area (Å²) < 4.78 is 0. The van der Waals surface area contributed by atoms with Gasteiger partial charge in [-0.3, -0.25) is 0 Å². The van der Waals surface area contributed by atoms with Gasteiger partial charge in [0.05, 0.1) is 5.02 Å². The number of thioether (sulfide) groups is 1. The monoisotopic (exact) mass is 299 g/mol. The molecule has 2 nitrogen and oxygen atoms in total. The quantitative estimate of drug-likeness (QED) is 0.496. The van der Waals surface area contributed by atoms with Gasteiger partial charge in [-0.2, -0.15) is 0 Å². The molecule has 2 rings (SSSR count). The van der Waals surface area contributed by atoms with E-state index in [2.05, 4.69) is 0 Å². The van der Waals surface area contributed by atoms with Crippen molar-refractivity contribution in [1.82, 2.24) is 0 Å². The number of benzene rings is 2. The molecule has 2 aromatic rings. The molecule has 18 heavy (non-hydrogen) atoms. The van der Waals surface area contributed by atoms with Crippen molar-refractivity contribution in [2.45, 2.75) is 10.6 Å². The van der Waals surface area contributed by atoms with Crippen LogP contribution in [0.4, 0.5) is 5.69 Å². The Balaban J connectivity index is 2.16. The Hall–Kier alpha value is -1.03. The number of rotatable bonds is 3. The molecule has 0 unspecified atom stereocenters. The minimum atomic E-state index is 0.231. The second-order valence-electron chi connectivity index (χ2n) is 3.75. The van der Waals surface area contributed by atoms with Gasteiger partial charge in [-0.05, 0) is 36.4 Å². The average Bonchev–Trinajstić information content (AvgIpc) is 2.34. The second-order valence-corrected chi connectivity index (χ2v) is 5.61. The van der Waals surface area contributed by atoms with E-state index < -0.39 is 0 Å². The third-order valence-corrected chi connectivity index (χ3v) is 4.16. The number of anilines is 1. The molecule has 0 saturated heterocycles. The third-order valence-electron chi connectivity index (χ3n) is 2.38. The highest BCUT2D eigenvalue weighted by molar-refractivity contribution is 7.98. The first-order valence-electron chi connectivity index (χ1n) is 5.21. The fourth-order valence-electron chi connectivity index (χ4n) is 1.46. The SMILES string of the molecule is Nc1ccc(O)c(CSc2cc(Cl)ccc2Cl)c1. The molecule has 0 heterocycles. The average molecular weight is 300 g/mol. The van der Waals surface area contributed by atoms with E-state index in [1.807, 2.05) is 0 Å². The third kappa shape index (κ3) is 3.25. The van der Waals surface area contributed by atoms with Gasteiger partial charge in [0.25, 0.3) is 0 Å². The molecule has 5 heteroatoms. The van der Waals surface area contributed by atoms with E-state index in [0.29, 0.717) is 21.5 Å². The first-order chi connectivity index (χ1) is 8.56. The predicted octanol–water partition coefficient (Wildman–Crippen LogP) is 4.57. The Kier molecular flexibility index (Phi) is 4.27. The van der Waals surface area contributed by atoms with E-state index in [-0.39, 0.29) is 5.75 Å². The number of hydrogen-bond acceptors (Lipinski definition) is 3. The molecule has 0 aliphatic carbocycles. The lowest BCUT2D eigenvalue weighted by Gasteiger charge is -2.07. The highest BCUT2D eigenvalue weighted by Gasteiger charge is 2.06. The highest BCUT2D eigenvalue weighted by atomic mass is 35.5. The fraction of sp³-hybridized carbons (Fsp3) is 0.0769. The van der Waals surface area contributed by atoms with Crippen LogP contribution in [0.3, 0.4) is 0 Å². The maximum absolute atomic E-state index is 9.71. The van der Waals surface area contributed by atoms with Crippen molar-refractivity contribution in [3.8, 4) is 5.75 Å². The van der Waals surface area contributed by atoms with Crippen molar-refractivity contribution in [2.75, 3.05) is 5.73 Å². The Morgan fingerprint density at radius 1 is 1.11 bits per heavy atom. The van der Waals surface area contributed by atoms with Crippen LogP contribution in [0.15, 0.2) is 41.3 Å². The van der Waals surface area contributed by atoms with Crippen molar-refractivity contribution in [3.63, 3.8) is 0 Å². The highest BCUT2D eigenvalue weighted by Crippen LogP contribution is 2.34. The molecule has 3 N–H and O–H groups in total. The molecule has 0 saturated carbocycles. The standard InChI is InChI=1S/C13H11Cl2NOS/c14-9-1-3-11(15)13(6-9)18-7-8-5-10(16)2-4-12(8)17/h1-6,17H,7,16H2. The van der Waals surface area contributed by atoms with Gasteiger partial charge in [-0.25, -0.2) is 0 Å². The first kappa shape index (κ1) is 13.4. The van der Waals surface area contributed by atoms with Crippen LogP contribution in [0.1, 0.15) is 5.56 Å². The summed E-state index contributed by atoms with van der Waals surface area (Å²) in [4.78, 5) is 0.881. The molecular formula is C13H11Cl2NOS. The van der Waals surface area contributed by atoms with Crippen molar-refractivity contribution in [3.05, 3.63) is 52.0 Å². The van der Waals surface area contributed by atoms with E-state index in [1.54, 1.807) is 36.4 Å². The number of nitrogens with two attached hydrogens (primary N) is 1. The van der Waals surface area contributed by atoms with E-state index in [0.717, 1.165) is 10.5 Å². The van der Waals surface area contributed by atoms with Crippen molar-refractivity contribution in [1.29, 1.82) is 0 Å². The summed E-state index contributed by atoms with van der Waals surface area (Å²) in [6.07, 6.45) is 0. The van der Waals surface area contributed by atoms with Gasteiger partial charge in [0.1, 0.15) is 5.75 Å². The van der Waals surface area contributed by atoms with Gasteiger partial charge < -0.3 is 10.8 Å². The minimum absolute atomic E-state index is 0.231. The van der Waals surface area contributed by atoms with Crippen molar-refractivity contribution >= 4 is 40.7 Å². The molecule has 0 amide bonds. The van der Waals surface area contributed by atoms with Gasteiger partial charge in [-0.15, -0.1) is 11.8 Å². The van der Waals surface area contributed by atoms with Crippen LogP contribution in [0.25, 0.3) is 0 Å². The van der Waals surface area contributed by atoms with Crippen LogP contribution < -0.4 is 5.73 Å². The van der Waals surface area contributed by atoms with E-state index in [4.69, 9.17) is 28.9 Å². The number of nitrogen functional groups attached to an aromatic ring is 1. The molecule has 0 bridgehead atoms. The predicted molar refractivity (Wildman–Crippen MR) is 78.5 cm³/mol. The lowest BCUT2D eigenvalue weighted by Crippen LogP contribution is -1.88. The van der Waals surface area contributed by atoms with Crippen LogP contribution in [-0.4, -0.2) is 5.11 Å². The summed E-state index contributed by atoms with van der Waals surface area (Å²) in [5.74, 6) is 0.812. The molecule has 0 fully saturated rings. The molecule has 2 aromatic carbocycles. The van der Waals surface area contributed by atoms with Gasteiger partial charge in [0.15, 0.2) is 0 Å². The summed E-state index contributed by atoms with van der Waals surface area (Å²) in [5.41, 5.74) is 7.08. The van der Waals surface area contributed by atoms with Crippen LogP contribution in [0, 0.1) is 0 Å². The normalized spacial score (nSPS) is 10.6. The maximum Gasteiger partial charge on any atom is 0.119 e. The number of phenols is 1. The molecule has 0 aliphatic heterocycles. The van der Waals surface area contributed by atoms with E-state index in [1.165, 1.54) is 11.8 Å². The molecule has 0 radical (unpaired) electrons. The zero-order chi connectivity index (χ0) is 13.1. The van der Waals surface area contributed by atoms with Gasteiger partial charge in [-0.1, -0.05) is 23.2 Å². The Morgan fingerprint density at radius 2 is 1.89 bits per heavy atom. The molecule has 0 aliphatic rings. The lowest BCUT2D eigenvalue weighted by atomic mass is 10.2. The Labute approximate surface area is 120 Å². The van der Waals surface area contributed by atoms with Crippen LogP contribution in [0.5, 0.6) is 5.75 Å². The Morgan fingerprint density at radius 3 is 2.67 bits per heavy atom. The number of phenolic OH excluding ortho intramolecular Hbond substituents is 1.